The Morgan fingerprint density at radius 3 is 2.80 bits per heavy atom. The summed E-state index contributed by atoms with van der Waals surface area (Å²) < 4.78 is 40.5. The molecule has 0 bridgehead atoms. The molecule has 0 saturated carbocycles. The number of ether oxygens (including phenoxy) is 1. The van der Waals surface area contributed by atoms with Crippen LogP contribution in [0, 0.1) is 0 Å². The third kappa shape index (κ3) is 5.43. The average molecular weight is 292 g/mol. The van der Waals surface area contributed by atoms with Crippen molar-refractivity contribution in [2.75, 3.05) is 13.2 Å². The second-order valence-electron chi connectivity index (χ2n) is 4.05. The van der Waals surface area contributed by atoms with Gasteiger partial charge in [0, 0.05) is 17.8 Å². The predicted octanol–water partition coefficient (Wildman–Crippen LogP) is 1.52. The maximum absolute atomic E-state index is 12.0. The number of carbonyl (C=O) groups excluding carboxylic acids is 1. The summed E-state index contributed by atoms with van der Waals surface area (Å²) in [7, 11) is 0. The number of halogens is 3. The van der Waals surface area contributed by atoms with Gasteiger partial charge in [0.05, 0.1) is 12.6 Å². The largest absolute Gasteiger partial charge is 0.468 e. The molecule has 2 N–H and O–H groups in total. The number of nitrogens with zero attached hydrogens (tertiary/aromatic N) is 1. The van der Waals surface area contributed by atoms with Crippen molar-refractivity contribution < 1.29 is 27.8 Å². The maximum atomic E-state index is 12.0. The van der Waals surface area contributed by atoms with E-state index in [0.717, 1.165) is 6.07 Å². The van der Waals surface area contributed by atoms with E-state index in [9.17, 15) is 18.0 Å². The molecule has 1 aromatic rings. The van der Waals surface area contributed by atoms with Crippen molar-refractivity contribution in [3.63, 3.8) is 0 Å². The van der Waals surface area contributed by atoms with Gasteiger partial charge < -0.3 is 15.2 Å². The molecule has 0 aromatic carbocycles. The summed E-state index contributed by atoms with van der Waals surface area (Å²) in [5.41, 5.74) is 0.115. The number of pyridine rings is 1. The fraction of sp³-hybridized carbons (Fsp3) is 0.500. The highest BCUT2D eigenvalue weighted by molar-refractivity contribution is 5.94. The van der Waals surface area contributed by atoms with Crippen LogP contribution in [0.15, 0.2) is 18.3 Å². The first-order valence-electron chi connectivity index (χ1n) is 5.93. The molecule has 1 atom stereocenters. The van der Waals surface area contributed by atoms with Crippen LogP contribution in [0.2, 0.25) is 0 Å². The standard InChI is InChI=1S/C12H15F3N2O3/c1-2-9(6-18)17-11(19)8-3-4-16-10(5-8)20-7-12(13,14)15/h3-5,9,18H,2,6-7H2,1H3,(H,17,19). The normalized spacial score (nSPS) is 12.8. The summed E-state index contributed by atoms with van der Waals surface area (Å²) in [6.07, 6.45) is -2.75. The molecule has 0 aliphatic heterocycles. The van der Waals surface area contributed by atoms with Crippen molar-refractivity contribution in [2.45, 2.75) is 25.6 Å². The number of nitrogens with one attached hydrogen (secondary N) is 1. The Hall–Kier alpha value is -1.83. The molecule has 1 aromatic heterocycles. The van der Waals surface area contributed by atoms with Gasteiger partial charge in [0.25, 0.3) is 5.91 Å². The molecule has 8 heteroatoms. The molecule has 0 aliphatic carbocycles. The first kappa shape index (κ1) is 16.2. The second-order valence-corrected chi connectivity index (χ2v) is 4.05. The predicted molar refractivity (Wildman–Crippen MR) is 64.4 cm³/mol. The fourth-order valence-corrected chi connectivity index (χ4v) is 1.33. The number of aliphatic hydroxyl groups is 1. The molecule has 0 spiro atoms. The first-order chi connectivity index (χ1) is 9.35. The third-order valence-corrected chi connectivity index (χ3v) is 2.43. The van der Waals surface area contributed by atoms with Crippen molar-refractivity contribution in [1.29, 1.82) is 0 Å². The highest BCUT2D eigenvalue weighted by atomic mass is 19.4. The van der Waals surface area contributed by atoms with Gasteiger partial charge in [-0.05, 0) is 12.5 Å². The highest BCUT2D eigenvalue weighted by Gasteiger charge is 2.28. The van der Waals surface area contributed by atoms with Crippen molar-refractivity contribution >= 4 is 5.91 Å². The van der Waals surface area contributed by atoms with Crippen LogP contribution >= 0.6 is 0 Å². The van der Waals surface area contributed by atoms with Gasteiger partial charge in [-0.1, -0.05) is 6.92 Å². The van der Waals surface area contributed by atoms with Gasteiger partial charge in [0.1, 0.15) is 0 Å². The molecule has 0 aliphatic rings. The summed E-state index contributed by atoms with van der Waals surface area (Å²) >= 11 is 0. The zero-order valence-electron chi connectivity index (χ0n) is 10.8. The second kappa shape index (κ2) is 7.09. The minimum atomic E-state index is -4.47. The quantitative estimate of drug-likeness (QED) is 0.834. The van der Waals surface area contributed by atoms with E-state index >= 15 is 0 Å². The molecular weight excluding hydrogens is 277 g/mol. The zero-order chi connectivity index (χ0) is 15.2. The minimum Gasteiger partial charge on any atom is -0.468 e. The Morgan fingerprint density at radius 1 is 1.55 bits per heavy atom. The van der Waals surface area contributed by atoms with Crippen LogP contribution in [0.3, 0.4) is 0 Å². The summed E-state index contributed by atoms with van der Waals surface area (Å²) in [6.45, 7) is 0.0929. The lowest BCUT2D eigenvalue weighted by atomic mass is 10.2. The molecule has 1 unspecified atom stereocenters. The lowest BCUT2D eigenvalue weighted by molar-refractivity contribution is -0.154. The molecule has 1 amide bonds. The molecule has 0 radical (unpaired) electrons. The number of alkyl halides is 3. The van der Waals surface area contributed by atoms with Crippen LogP contribution in [0.25, 0.3) is 0 Å². The van der Waals surface area contributed by atoms with E-state index in [-0.39, 0.29) is 18.1 Å². The van der Waals surface area contributed by atoms with E-state index in [1.165, 1.54) is 12.3 Å². The number of aliphatic hydroxyl groups excluding tert-OH is 1. The topological polar surface area (TPSA) is 71.5 Å². The molecule has 1 heterocycles. The molecule has 5 nitrogen and oxygen atoms in total. The van der Waals surface area contributed by atoms with Crippen molar-refractivity contribution in [2.24, 2.45) is 0 Å². The van der Waals surface area contributed by atoms with Gasteiger partial charge in [-0.3, -0.25) is 4.79 Å². The van der Waals surface area contributed by atoms with Crippen molar-refractivity contribution in [1.82, 2.24) is 10.3 Å². The first-order valence-corrected chi connectivity index (χ1v) is 5.93. The Morgan fingerprint density at radius 2 is 2.25 bits per heavy atom. The fourth-order valence-electron chi connectivity index (χ4n) is 1.33. The lowest BCUT2D eigenvalue weighted by Crippen LogP contribution is -2.36. The number of rotatable bonds is 6. The molecule has 0 fully saturated rings. The maximum Gasteiger partial charge on any atom is 0.422 e. The van der Waals surface area contributed by atoms with Crippen molar-refractivity contribution in [3.8, 4) is 5.88 Å². The Kier molecular flexibility index (Phi) is 5.75. The van der Waals surface area contributed by atoms with Gasteiger partial charge in [-0.15, -0.1) is 0 Å². The van der Waals surface area contributed by atoms with Gasteiger partial charge >= 0.3 is 6.18 Å². The van der Waals surface area contributed by atoms with Crippen LogP contribution < -0.4 is 10.1 Å². The molecular formula is C12H15F3N2O3. The van der Waals surface area contributed by atoms with E-state index in [0.29, 0.717) is 6.42 Å². The zero-order valence-corrected chi connectivity index (χ0v) is 10.8. The Labute approximate surface area is 113 Å². The van der Waals surface area contributed by atoms with Crippen LogP contribution in [0.1, 0.15) is 23.7 Å². The summed E-state index contributed by atoms with van der Waals surface area (Å²) in [6, 6.07) is 2.06. The van der Waals surface area contributed by atoms with Crippen LogP contribution in [0.5, 0.6) is 5.88 Å². The highest BCUT2D eigenvalue weighted by Crippen LogP contribution is 2.17. The number of amides is 1. The van der Waals surface area contributed by atoms with E-state index in [2.05, 4.69) is 15.0 Å². The average Bonchev–Trinajstić information content (AvgIpc) is 2.42. The van der Waals surface area contributed by atoms with Crippen LogP contribution in [0.4, 0.5) is 13.2 Å². The third-order valence-electron chi connectivity index (χ3n) is 2.43. The number of hydrogen-bond acceptors (Lipinski definition) is 4. The van der Waals surface area contributed by atoms with Crippen molar-refractivity contribution in [3.05, 3.63) is 23.9 Å². The summed E-state index contributed by atoms with van der Waals surface area (Å²) in [5, 5.41) is 11.5. The van der Waals surface area contributed by atoms with E-state index in [1.54, 1.807) is 6.92 Å². The minimum absolute atomic E-state index is 0.115. The van der Waals surface area contributed by atoms with E-state index in [1.807, 2.05) is 0 Å². The van der Waals surface area contributed by atoms with Gasteiger partial charge in [0.2, 0.25) is 5.88 Å². The van der Waals surface area contributed by atoms with E-state index in [4.69, 9.17) is 5.11 Å². The molecule has 0 saturated heterocycles. The number of aromatic nitrogens is 1. The van der Waals surface area contributed by atoms with Crippen LogP contribution in [-0.4, -0.2) is 41.4 Å². The molecule has 112 valence electrons. The monoisotopic (exact) mass is 292 g/mol. The molecule has 20 heavy (non-hydrogen) atoms. The Bertz CT molecular complexity index is 448. The van der Waals surface area contributed by atoms with Crippen LogP contribution in [-0.2, 0) is 0 Å². The SMILES string of the molecule is CCC(CO)NC(=O)c1ccnc(OCC(F)(F)F)c1. The summed E-state index contributed by atoms with van der Waals surface area (Å²) in [5.74, 6) is -0.794. The number of carbonyl (C=O) groups is 1. The number of hydrogen-bond donors (Lipinski definition) is 2. The van der Waals surface area contributed by atoms with Gasteiger partial charge in [0.15, 0.2) is 6.61 Å². The van der Waals surface area contributed by atoms with E-state index < -0.39 is 24.7 Å². The molecule has 1 rings (SSSR count). The van der Waals surface area contributed by atoms with Gasteiger partial charge in [-0.25, -0.2) is 4.98 Å². The lowest BCUT2D eigenvalue weighted by Gasteiger charge is -2.14. The smallest absolute Gasteiger partial charge is 0.422 e. The Balaban J connectivity index is 2.69. The summed E-state index contributed by atoms with van der Waals surface area (Å²) in [4.78, 5) is 15.4. The van der Waals surface area contributed by atoms with Gasteiger partial charge in [-0.2, -0.15) is 13.2 Å².